The maximum absolute atomic E-state index is 13.1. The van der Waals surface area contributed by atoms with Crippen molar-refractivity contribution in [2.45, 2.75) is 31.1 Å². The molecule has 5 aromatic rings. The summed E-state index contributed by atoms with van der Waals surface area (Å²) >= 11 is 1.50. The molecule has 35 heavy (non-hydrogen) atoms. The number of carbonyl (C=O) groups is 1. The Bertz CT molecular complexity index is 1660. The molecular weight excluding hydrogens is 480 g/mol. The summed E-state index contributed by atoms with van der Waals surface area (Å²) in [5.74, 6) is -1.07. The minimum absolute atomic E-state index is 0.0735. The van der Waals surface area contributed by atoms with E-state index < -0.39 is 16.0 Å². The molecule has 178 valence electrons. The number of aromatic carboxylic acids is 1. The molecular formula is C27H24N2O4S2. The van der Waals surface area contributed by atoms with Gasteiger partial charge in [0.05, 0.1) is 4.90 Å². The SMILES string of the molecule is CC(C)(C)c1ccc(S(=O)(=O)Nc2ccc3[nH]c(C(=O)O)c(-c4cc5ccccc5s4)c3c2)cc1. The smallest absolute Gasteiger partial charge is 0.353 e. The van der Waals surface area contributed by atoms with E-state index in [9.17, 15) is 18.3 Å². The van der Waals surface area contributed by atoms with Gasteiger partial charge in [0, 0.05) is 31.7 Å². The molecule has 0 spiro atoms. The number of sulfonamides is 1. The van der Waals surface area contributed by atoms with Crippen molar-refractivity contribution >= 4 is 54.0 Å². The topological polar surface area (TPSA) is 99.3 Å². The van der Waals surface area contributed by atoms with Crippen LogP contribution >= 0.6 is 11.3 Å². The van der Waals surface area contributed by atoms with Crippen LogP contribution in [-0.4, -0.2) is 24.5 Å². The number of hydrogen-bond donors (Lipinski definition) is 3. The molecule has 0 amide bonds. The van der Waals surface area contributed by atoms with E-state index in [-0.39, 0.29) is 16.0 Å². The van der Waals surface area contributed by atoms with Gasteiger partial charge in [-0.2, -0.15) is 0 Å². The van der Waals surface area contributed by atoms with Crippen LogP contribution in [0.2, 0.25) is 0 Å². The van der Waals surface area contributed by atoms with Crippen molar-refractivity contribution in [1.82, 2.24) is 4.98 Å². The number of fused-ring (bicyclic) bond motifs is 2. The van der Waals surface area contributed by atoms with Gasteiger partial charge >= 0.3 is 5.97 Å². The van der Waals surface area contributed by atoms with E-state index in [1.54, 1.807) is 30.3 Å². The zero-order chi connectivity index (χ0) is 25.0. The predicted molar refractivity (Wildman–Crippen MR) is 142 cm³/mol. The first-order chi connectivity index (χ1) is 16.5. The molecule has 0 unspecified atom stereocenters. The number of aromatic amines is 1. The van der Waals surface area contributed by atoms with Crippen LogP contribution in [0.15, 0.2) is 77.7 Å². The molecule has 8 heteroatoms. The van der Waals surface area contributed by atoms with E-state index in [4.69, 9.17) is 0 Å². The lowest BCUT2D eigenvalue weighted by Crippen LogP contribution is -2.14. The maximum Gasteiger partial charge on any atom is 0.353 e. The molecule has 3 N–H and O–H groups in total. The molecule has 0 saturated carbocycles. The van der Waals surface area contributed by atoms with Gasteiger partial charge in [-0.15, -0.1) is 11.3 Å². The molecule has 0 atom stereocenters. The van der Waals surface area contributed by atoms with Crippen molar-refractivity contribution in [3.63, 3.8) is 0 Å². The molecule has 0 fully saturated rings. The summed E-state index contributed by atoms with van der Waals surface area (Å²) in [7, 11) is -3.83. The summed E-state index contributed by atoms with van der Waals surface area (Å²) < 4.78 is 29.8. The fourth-order valence-electron chi connectivity index (χ4n) is 4.12. The lowest BCUT2D eigenvalue weighted by atomic mass is 9.87. The third kappa shape index (κ3) is 4.31. The van der Waals surface area contributed by atoms with Crippen molar-refractivity contribution in [2.75, 3.05) is 4.72 Å². The standard InChI is InChI=1S/C27H24N2O4S2/c1-27(2,3)17-8-11-19(12-9-17)35(32,33)29-18-10-13-21-20(15-18)24(25(28-21)26(30)31)23-14-16-6-4-5-7-22(16)34-23/h4-15,28-29H,1-3H3,(H,30,31). The zero-order valence-electron chi connectivity index (χ0n) is 19.4. The normalized spacial score (nSPS) is 12.3. The van der Waals surface area contributed by atoms with Gasteiger partial charge in [0.25, 0.3) is 10.0 Å². The fourth-order valence-corrected chi connectivity index (χ4v) is 6.30. The van der Waals surface area contributed by atoms with Crippen LogP contribution in [0.5, 0.6) is 0 Å². The monoisotopic (exact) mass is 504 g/mol. The quantitative estimate of drug-likeness (QED) is 0.244. The third-order valence-corrected chi connectivity index (χ3v) is 8.50. The highest BCUT2D eigenvalue weighted by molar-refractivity contribution is 7.92. The van der Waals surface area contributed by atoms with Gasteiger partial charge in [0.15, 0.2) is 0 Å². The van der Waals surface area contributed by atoms with Crippen molar-refractivity contribution in [1.29, 1.82) is 0 Å². The summed E-state index contributed by atoms with van der Waals surface area (Å²) in [4.78, 5) is 16.0. The number of aromatic nitrogens is 1. The summed E-state index contributed by atoms with van der Waals surface area (Å²) in [6.07, 6.45) is 0. The molecule has 0 aliphatic carbocycles. The van der Waals surface area contributed by atoms with Crippen molar-refractivity contribution in [2.24, 2.45) is 0 Å². The summed E-state index contributed by atoms with van der Waals surface area (Å²) in [5.41, 5.74) is 2.55. The first kappa shape index (κ1) is 23.1. The van der Waals surface area contributed by atoms with Gasteiger partial charge in [-0.3, -0.25) is 4.72 Å². The lowest BCUT2D eigenvalue weighted by Gasteiger charge is -2.19. The van der Waals surface area contributed by atoms with Crippen LogP contribution in [0.25, 0.3) is 31.4 Å². The molecule has 2 aromatic heterocycles. The summed E-state index contributed by atoms with van der Waals surface area (Å²) in [6.45, 7) is 6.21. The van der Waals surface area contributed by atoms with Crippen LogP contribution in [0.4, 0.5) is 5.69 Å². The highest BCUT2D eigenvalue weighted by Crippen LogP contribution is 2.40. The Morgan fingerprint density at radius 1 is 0.971 bits per heavy atom. The van der Waals surface area contributed by atoms with E-state index in [1.807, 2.05) is 42.5 Å². The van der Waals surface area contributed by atoms with Gasteiger partial charge < -0.3 is 10.1 Å². The number of H-pyrrole nitrogens is 1. The summed E-state index contributed by atoms with van der Waals surface area (Å²) in [5, 5.41) is 11.5. The molecule has 0 bridgehead atoms. The molecule has 0 radical (unpaired) electrons. The van der Waals surface area contributed by atoms with Crippen LogP contribution in [0, 0.1) is 0 Å². The third-order valence-electron chi connectivity index (χ3n) is 5.97. The van der Waals surface area contributed by atoms with Crippen LogP contribution in [0.3, 0.4) is 0 Å². The van der Waals surface area contributed by atoms with Crippen molar-refractivity contribution in [3.05, 3.63) is 84.1 Å². The van der Waals surface area contributed by atoms with E-state index in [2.05, 4.69) is 30.5 Å². The number of rotatable bonds is 5. The van der Waals surface area contributed by atoms with Gasteiger partial charge in [-0.1, -0.05) is 51.1 Å². The average molecular weight is 505 g/mol. The number of carboxylic acids is 1. The van der Waals surface area contributed by atoms with Gasteiger partial charge in [-0.05, 0) is 58.8 Å². The first-order valence-corrected chi connectivity index (χ1v) is 13.3. The number of benzene rings is 3. The molecule has 5 rings (SSSR count). The second-order valence-electron chi connectivity index (χ2n) is 9.47. The Kier molecular flexibility index (Phi) is 5.45. The Hall–Kier alpha value is -3.62. The molecule has 6 nitrogen and oxygen atoms in total. The maximum atomic E-state index is 13.1. The Labute approximate surface area is 207 Å². The van der Waals surface area contributed by atoms with E-state index in [1.165, 1.54) is 11.3 Å². The Morgan fingerprint density at radius 3 is 2.34 bits per heavy atom. The van der Waals surface area contributed by atoms with Crippen LogP contribution < -0.4 is 4.72 Å². The highest BCUT2D eigenvalue weighted by Gasteiger charge is 2.22. The largest absolute Gasteiger partial charge is 0.477 e. The van der Waals surface area contributed by atoms with Gasteiger partial charge in [0.1, 0.15) is 5.69 Å². The van der Waals surface area contributed by atoms with Crippen LogP contribution in [0.1, 0.15) is 36.8 Å². The number of nitrogens with one attached hydrogen (secondary N) is 2. The zero-order valence-corrected chi connectivity index (χ0v) is 21.0. The minimum atomic E-state index is -3.83. The number of hydrogen-bond acceptors (Lipinski definition) is 4. The highest BCUT2D eigenvalue weighted by atomic mass is 32.2. The average Bonchev–Trinajstić information content (AvgIpc) is 3.39. The lowest BCUT2D eigenvalue weighted by molar-refractivity contribution is 0.0692. The van der Waals surface area contributed by atoms with Crippen LogP contribution in [-0.2, 0) is 15.4 Å². The fraction of sp³-hybridized carbons (Fsp3) is 0.148. The van der Waals surface area contributed by atoms with E-state index in [0.29, 0.717) is 22.2 Å². The molecule has 3 aromatic carbocycles. The molecule has 2 heterocycles. The van der Waals surface area contributed by atoms with Crippen molar-refractivity contribution < 1.29 is 18.3 Å². The van der Waals surface area contributed by atoms with Gasteiger partial charge in [0.2, 0.25) is 0 Å². The number of anilines is 1. The molecule has 0 aliphatic heterocycles. The second-order valence-corrected chi connectivity index (χ2v) is 12.2. The minimum Gasteiger partial charge on any atom is -0.477 e. The Balaban J connectivity index is 1.57. The van der Waals surface area contributed by atoms with Gasteiger partial charge in [-0.25, -0.2) is 13.2 Å². The Morgan fingerprint density at radius 2 is 1.69 bits per heavy atom. The van der Waals surface area contributed by atoms with E-state index >= 15 is 0 Å². The second kappa shape index (κ2) is 8.25. The predicted octanol–water partition coefficient (Wildman–Crippen LogP) is 6.85. The molecule has 0 saturated heterocycles. The number of carboxylic acid groups (broad SMARTS) is 1. The number of thiophene rings is 1. The first-order valence-electron chi connectivity index (χ1n) is 11.0. The summed E-state index contributed by atoms with van der Waals surface area (Å²) in [6, 6.07) is 21.7. The van der Waals surface area contributed by atoms with Crippen molar-refractivity contribution in [3.8, 4) is 10.4 Å². The van der Waals surface area contributed by atoms with E-state index in [0.717, 1.165) is 20.5 Å². The molecule has 0 aliphatic rings.